The third-order valence-electron chi connectivity index (χ3n) is 6.22. The molecule has 0 atom stereocenters. The molecule has 8 heteroatoms. The summed E-state index contributed by atoms with van der Waals surface area (Å²) >= 11 is 6.90. The number of carboxylic acid groups (broad SMARTS) is 1. The highest BCUT2D eigenvalue weighted by molar-refractivity contribution is 9.11. The number of carbonyl (C=O) groups is 2. The molecule has 0 spiro atoms. The second-order valence-electron chi connectivity index (χ2n) is 8.19. The third-order valence-corrected chi connectivity index (χ3v) is 8.16. The minimum atomic E-state index is -1.43. The van der Waals surface area contributed by atoms with Crippen LogP contribution in [-0.4, -0.2) is 27.3 Å². The van der Waals surface area contributed by atoms with E-state index in [1.165, 1.54) is 12.1 Å². The van der Waals surface area contributed by atoms with Crippen molar-refractivity contribution in [3.63, 3.8) is 0 Å². The Morgan fingerprint density at radius 3 is 1.79 bits per heavy atom. The lowest BCUT2D eigenvalue weighted by atomic mass is 9.75. The van der Waals surface area contributed by atoms with Gasteiger partial charge in [0.25, 0.3) is 0 Å². The molecule has 33 heavy (non-hydrogen) atoms. The summed E-state index contributed by atoms with van der Waals surface area (Å²) in [6, 6.07) is 7.87. The summed E-state index contributed by atoms with van der Waals surface area (Å²) < 4.78 is 7.09. The number of cyclic esters (lactones) is 1. The Bertz CT molecular complexity index is 1310. The number of ether oxygens (including phenoxy) is 1. The molecule has 0 aromatic heterocycles. The molecule has 0 radical (unpaired) electrons. The second-order valence-corrected chi connectivity index (χ2v) is 9.78. The van der Waals surface area contributed by atoms with E-state index in [-0.39, 0.29) is 22.6 Å². The van der Waals surface area contributed by atoms with Crippen LogP contribution in [0, 0.1) is 27.7 Å². The van der Waals surface area contributed by atoms with Crippen LogP contribution in [0.2, 0.25) is 0 Å². The van der Waals surface area contributed by atoms with E-state index in [1.54, 1.807) is 45.9 Å². The Morgan fingerprint density at radius 1 is 0.848 bits per heavy atom. The topological polar surface area (TPSA) is 104 Å². The average Bonchev–Trinajstić information content (AvgIpc) is 3.08. The molecule has 0 fully saturated rings. The van der Waals surface area contributed by atoms with E-state index in [2.05, 4.69) is 31.9 Å². The monoisotopic (exact) mass is 574 g/mol. The van der Waals surface area contributed by atoms with E-state index in [4.69, 9.17) is 4.74 Å². The average molecular weight is 576 g/mol. The number of aryl methyl sites for hydroxylation is 2. The van der Waals surface area contributed by atoms with Gasteiger partial charge in [0.2, 0.25) is 0 Å². The number of carbonyl (C=O) groups excluding carboxylic acids is 1. The number of rotatable bonds is 3. The molecule has 3 N–H and O–H groups in total. The van der Waals surface area contributed by atoms with Gasteiger partial charge in [0.1, 0.15) is 11.5 Å². The number of phenolic OH excluding ortho intramolecular Hbond substituents is 2. The maximum absolute atomic E-state index is 13.2. The summed E-state index contributed by atoms with van der Waals surface area (Å²) in [5.41, 5.74) is 2.85. The van der Waals surface area contributed by atoms with Crippen molar-refractivity contribution in [2.75, 3.05) is 0 Å². The van der Waals surface area contributed by atoms with E-state index in [1.807, 2.05) is 0 Å². The van der Waals surface area contributed by atoms with Crippen molar-refractivity contribution in [3.8, 4) is 11.5 Å². The first kappa shape index (κ1) is 23.3. The largest absolute Gasteiger partial charge is 0.506 e. The van der Waals surface area contributed by atoms with E-state index >= 15 is 0 Å². The first-order valence-corrected chi connectivity index (χ1v) is 11.6. The van der Waals surface area contributed by atoms with Gasteiger partial charge >= 0.3 is 11.9 Å². The smallest absolute Gasteiger partial charge is 0.340 e. The molecule has 3 aromatic carbocycles. The van der Waals surface area contributed by atoms with Gasteiger partial charge in [-0.15, -0.1) is 0 Å². The first-order valence-electron chi connectivity index (χ1n) is 10.0. The number of halogens is 2. The van der Waals surface area contributed by atoms with Crippen molar-refractivity contribution in [2.45, 2.75) is 33.3 Å². The zero-order valence-electron chi connectivity index (χ0n) is 18.2. The van der Waals surface area contributed by atoms with Crippen LogP contribution >= 0.6 is 31.9 Å². The van der Waals surface area contributed by atoms with Crippen LogP contribution in [0.5, 0.6) is 11.5 Å². The van der Waals surface area contributed by atoms with Crippen molar-refractivity contribution in [1.29, 1.82) is 0 Å². The molecule has 6 nitrogen and oxygen atoms in total. The van der Waals surface area contributed by atoms with Gasteiger partial charge in [0, 0.05) is 16.7 Å². The maximum Gasteiger partial charge on any atom is 0.340 e. The predicted molar refractivity (Wildman–Crippen MR) is 129 cm³/mol. The lowest BCUT2D eigenvalue weighted by Crippen LogP contribution is -2.32. The van der Waals surface area contributed by atoms with Crippen LogP contribution < -0.4 is 0 Å². The fourth-order valence-corrected chi connectivity index (χ4v) is 5.46. The van der Waals surface area contributed by atoms with E-state index in [9.17, 15) is 24.9 Å². The summed E-state index contributed by atoms with van der Waals surface area (Å²) in [5, 5.41) is 30.4. The number of esters is 1. The number of benzene rings is 3. The van der Waals surface area contributed by atoms with Gasteiger partial charge < -0.3 is 20.1 Å². The predicted octanol–water partition coefficient (Wildman–Crippen LogP) is 6.02. The van der Waals surface area contributed by atoms with E-state index in [0.717, 1.165) is 0 Å². The Kier molecular flexibility index (Phi) is 5.57. The third kappa shape index (κ3) is 3.27. The molecule has 170 valence electrons. The fourth-order valence-electron chi connectivity index (χ4n) is 4.40. The molecule has 1 aliphatic heterocycles. The molecule has 0 saturated heterocycles. The zero-order chi connectivity index (χ0) is 24.4. The summed E-state index contributed by atoms with van der Waals surface area (Å²) in [4.78, 5) is 24.7. The maximum atomic E-state index is 13.2. The van der Waals surface area contributed by atoms with Crippen molar-refractivity contribution >= 4 is 43.8 Å². The summed E-state index contributed by atoms with van der Waals surface area (Å²) in [6.07, 6.45) is 0. The number of phenols is 2. The Morgan fingerprint density at radius 2 is 1.33 bits per heavy atom. The molecule has 3 aromatic rings. The Hall–Kier alpha value is -2.84. The molecule has 1 heterocycles. The minimum absolute atomic E-state index is 0.0268. The van der Waals surface area contributed by atoms with Crippen molar-refractivity contribution < 1.29 is 29.6 Å². The number of hydrogen-bond donors (Lipinski definition) is 3. The van der Waals surface area contributed by atoms with Crippen LogP contribution in [0.4, 0.5) is 0 Å². The van der Waals surface area contributed by atoms with Crippen molar-refractivity contribution in [1.82, 2.24) is 0 Å². The zero-order valence-corrected chi connectivity index (χ0v) is 21.4. The molecule has 1 aliphatic rings. The van der Waals surface area contributed by atoms with Crippen LogP contribution in [0.25, 0.3) is 0 Å². The minimum Gasteiger partial charge on any atom is -0.506 e. The molecule has 0 amide bonds. The Labute approximate surface area is 207 Å². The van der Waals surface area contributed by atoms with Crippen LogP contribution in [0.15, 0.2) is 39.3 Å². The molecule has 0 saturated carbocycles. The van der Waals surface area contributed by atoms with E-state index < -0.39 is 17.5 Å². The van der Waals surface area contributed by atoms with Crippen molar-refractivity contribution in [2.24, 2.45) is 0 Å². The SMILES string of the molecule is Cc1cc(C2(c3cc(C)c(O)c(Br)c3C)OC(=O)c3cc(C(=O)O)ccc32)c(C)c(Br)c1O. The summed E-state index contributed by atoms with van der Waals surface area (Å²) in [5.74, 6) is -1.65. The highest BCUT2D eigenvalue weighted by atomic mass is 79.9. The number of hydrogen-bond acceptors (Lipinski definition) is 5. The molecule has 0 aliphatic carbocycles. The standard InChI is InChI=1S/C25H20Br2O6/c1-10-7-17(12(3)19(26)21(10)28)25(18-8-11(2)22(29)20(27)13(18)4)16-6-5-14(23(30)31)9-15(16)24(32)33-25/h5-9,28-29H,1-4H3,(H,30,31). The van der Waals surface area contributed by atoms with Gasteiger partial charge in [-0.3, -0.25) is 0 Å². The normalized spacial score (nSPS) is 14.2. The number of aromatic hydroxyl groups is 2. The summed E-state index contributed by atoms with van der Waals surface area (Å²) in [6.45, 7) is 7.09. The Balaban J connectivity index is 2.20. The van der Waals surface area contributed by atoms with Gasteiger partial charge in [0.15, 0.2) is 5.60 Å². The molecular weight excluding hydrogens is 556 g/mol. The molecule has 0 bridgehead atoms. The van der Waals surface area contributed by atoms with Crippen molar-refractivity contribution in [3.05, 3.63) is 89.3 Å². The van der Waals surface area contributed by atoms with Gasteiger partial charge in [-0.25, -0.2) is 9.59 Å². The molecule has 4 rings (SSSR count). The number of aromatic carboxylic acids is 1. The van der Waals surface area contributed by atoms with Gasteiger partial charge in [0.05, 0.1) is 20.1 Å². The van der Waals surface area contributed by atoms with Crippen LogP contribution in [-0.2, 0) is 10.3 Å². The number of fused-ring (bicyclic) bond motifs is 1. The van der Waals surface area contributed by atoms with Gasteiger partial charge in [-0.05, 0) is 106 Å². The van der Waals surface area contributed by atoms with Crippen LogP contribution in [0.3, 0.4) is 0 Å². The van der Waals surface area contributed by atoms with E-state index in [0.29, 0.717) is 47.9 Å². The second kappa shape index (κ2) is 7.88. The lowest BCUT2D eigenvalue weighted by molar-refractivity contribution is 0.0247. The van der Waals surface area contributed by atoms with Gasteiger partial charge in [-0.2, -0.15) is 0 Å². The lowest BCUT2D eigenvalue weighted by Gasteiger charge is -2.34. The molecule has 0 unspecified atom stereocenters. The highest BCUT2D eigenvalue weighted by Gasteiger charge is 2.51. The highest BCUT2D eigenvalue weighted by Crippen LogP contribution is 2.53. The first-order chi connectivity index (χ1) is 15.4. The summed E-state index contributed by atoms with van der Waals surface area (Å²) in [7, 11) is 0. The van der Waals surface area contributed by atoms with Gasteiger partial charge in [-0.1, -0.05) is 6.07 Å². The molecular formula is C25H20Br2O6. The number of carboxylic acids is 1. The fraction of sp³-hybridized carbons (Fsp3) is 0.200. The quantitative estimate of drug-likeness (QED) is 0.330. The van der Waals surface area contributed by atoms with Crippen LogP contribution in [0.1, 0.15) is 59.7 Å².